The predicted octanol–water partition coefficient (Wildman–Crippen LogP) is -0.588. The Labute approximate surface area is 134 Å². The molecule has 0 aliphatic carbocycles. The number of nitrogens with zero attached hydrogens (tertiary/aromatic N) is 4. The van der Waals surface area contributed by atoms with E-state index < -0.39 is 37.8 Å². The number of ether oxygens (including phenoxy) is 1. The van der Waals surface area contributed by atoms with E-state index in [1.165, 1.54) is 10.9 Å². The summed E-state index contributed by atoms with van der Waals surface area (Å²) in [6, 6.07) is 0. The van der Waals surface area contributed by atoms with E-state index in [1.807, 2.05) is 0 Å². The van der Waals surface area contributed by atoms with Gasteiger partial charge in [0.25, 0.3) is 0 Å². The van der Waals surface area contributed by atoms with Gasteiger partial charge in [-0.25, -0.2) is 19.3 Å². The van der Waals surface area contributed by atoms with Gasteiger partial charge in [-0.3, -0.25) is 4.57 Å². The number of fused-ring (bicyclic) bond motifs is 1. The third-order valence-electron chi connectivity index (χ3n) is 3.44. The molecule has 10 heteroatoms. The van der Waals surface area contributed by atoms with Gasteiger partial charge in [-0.2, -0.15) is 0 Å². The van der Waals surface area contributed by atoms with Gasteiger partial charge in [0, 0.05) is 0 Å². The number of aliphatic hydroxyl groups is 3. The smallest absolute Gasteiger partial charge is 0.208 e. The van der Waals surface area contributed by atoms with Gasteiger partial charge < -0.3 is 20.1 Å². The molecule has 3 rings (SSSR count). The van der Waals surface area contributed by atoms with Gasteiger partial charge in [0.1, 0.15) is 23.8 Å². The maximum atomic E-state index is 12.2. The fraction of sp³-hybridized carbons (Fsp3) is 0.462. The highest BCUT2D eigenvalue weighted by atomic mass is 35.5. The lowest BCUT2D eigenvalue weighted by Crippen LogP contribution is -2.33. The molecule has 0 spiro atoms. The molecule has 2 aromatic heterocycles. The lowest BCUT2D eigenvalue weighted by atomic mass is 10.1. The minimum atomic E-state index is -1.29. The average Bonchev–Trinajstić information content (AvgIpc) is 3.08. The molecule has 23 heavy (non-hydrogen) atoms. The summed E-state index contributed by atoms with van der Waals surface area (Å²) in [4.78, 5) is 12.1. The molecule has 8 nitrogen and oxygen atoms in total. The first-order valence-electron chi connectivity index (χ1n) is 6.64. The number of halogens is 2. The normalized spacial score (nSPS) is 27.2. The largest absolute Gasteiger partial charge is 0.394 e. The monoisotopic (exact) mass is 342 g/mol. The zero-order chi connectivity index (χ0) is 16.6. The summed E-state index contributed by atoms with van der Waals surface area (Å²) in [5.74, 6) is 4.59. The first-order chi connectivity index (χ1) is 11.1. The van der Waals surface area contributed by atoms with Crippen LogP contribution in [-0.2, 0) is 4.74 Å². The van der Waals surface area contributed by atoms with Crippen molar-refractivity contribution in [2.75, 3.05) is 13.3 Å². The van der Waals surface area contributed by atoms with E-state index in [2.05, 4.69) is 26.8 Å². The zero-order valence-electron chi connectivity index (χ0n) is 11.6. The maximum absolute atomic E-state index is 12.2. The summed E-state index contributed by atoms with van der Waals surface area (Å²) >= 11 is 6.00. The molecule has 1 saturated heterocycles. The van der Waals surface area contributed by atoms with Crippen LogP contribution < -0.4 is 0 Å². The Hall–Kier alpha value is -1.83. The third kappa shape index (κ3) is 2.75. The van der Waals surface area contributed by atoms with Gasteiger partial charge in [0.15, 0.2) is 23.7 Å². The number of imidazole rings is 1. The molecule has 0 radical (unpaired) electrons. The second-order valence-electron chi connectivity index (χ2n) is 4.83. The van der Waals surface area contributed by atoms with Crippen molar-refractivity contribution in [3.8, 4) is 11.8 Å². The molecule has 3 heterocycles. The minimum Gasteiger partial charge on any atom is -0.394 e. The van der Waals surface area contributed by atoms with Crippen molar-refractivity contribution in [1.82, 2.24) is 19.5 Å². The van der Waals surface area contributed by atoms with Gasteiger partial charge in [-0.1, -0.05) is 17.5 Å². The van der Waals surface area contributed by atoms with Crippen molar-refractivity contribution in [2.24, 2.45) is 0 Å². The average molecular weight is 343 g/mol. The number of hydrogen-bond donors (Lipinski definition) is 3. The summed E-state index contributed by atoms with van der Waals surface area (Å²) in [6.07, 6.45) is -3.18. The highest BCUT2D eigenvalue weighted by Gasteiger charge is 2.44. The van der Waals surface area contributed by atoms with Crippen LogP contribution in [0.1, 0.15) is 12.1 Å². The van der Waals surface area contributed by atoms with Gasteiger partial charge in [-0.15, -0.1) is 0 Å². The van der Waals surface area contributed by atoms with Gasteiger partial charge in [-0.05, 0) is 5.92 Å². The van der Waals surface area contributed by atoms with E-state index in [-0.39, 0.29) is 22.1 Å². The molecule has 0 bridgehead atoms. The molecule has 122 valence electrons. The fourth-order valence-electron chi connectivity index (χ4n) is 2.35. The molecule has 0 amide bonds. The molecule has 0 unspecified atom stereocenters. The number of alkyl halides is 1. The first kappa shape index (κ1) is 16.0. The molecule has 3 N–H and O–H groups in total. The summed E-state index contributed by atoms with van der Waals surface area (Å²) in [5, 5.41) is 29.1. The minimum absolute atomic E-state index is 0.00589. The van der Waals surface area contributed by atoms with Crippen molar-refractivity contribution in [2.45, 2.75) is 24.5 Å². The Balaban J connectivity index is 2.06. The van der Waals surface area contributed by atoms with E-state index >= 15 is 0 Å². The molecule has 0 saturated carbocycles. The van der Waals surface area contributed by atoms with Gasteiger partial charge in [0.05, 0.1) is 12.9 Å². The SMILES string of the molecule is OC[C@H]1O[C@@H](n2cnc3c(Cl)nc(C#CCF)nc32)[C@H](O)[C@@H]1O. The molecule has 1 aliphatic rings. The Morgan fingerprint density at radius 1 is 1.35 bits per heavy atom. The quantitative estimate of drug-likeness (QED) is 0.494. The van der Waals surface area contributed by atoms with Crippen molar-refractivity contribution in [3.63, 3.8) is 0 Å². The second-order valence-corrected chi connectivity index (χ2v) is 5.18. The highest BCUT2D eigenvalue weighted by Crippen LogP contribution is 2.32. The number of aliphatic hydroxyl groups excluding tert-OH is 3. The van der Waals surface area contributed by atoms with Crippen LogP contribution in [0.2, 0.25) is 5.15 Å². The Bertz CT molecular complexity index is 789. The lowest BCUT2D eigenvalue weighted by Gasteiger charge is -2.16. The van der Waals surface area contributed by atoms with Gasteiger partial charge in [0.2, 0.25) is 5.82 Å². The van der Waals surface area contributed by atoms with E-state index in [4.69, 9.17) is 21.4 Å². The Kier molecular flexibility index (Phi) is 4.43. The second kappa shape index (κ2) is 6.35. The summed E-state index contributed by atoms with van der Waals surface area (Å²) in [7, 11) is 0. The van der Waals surface area contributed by atoms with Crippen LogP contribution in [0.15, 0.2) is 6.33 Å². The fourth-order valence-corrected chi connectivity index (χ4v) is 2.56. The maximum Gasteiger partial charge on any atom is 0.208 e. The van der Waals surface area contributed by atoms with Crippen LogP contribution in [0.4, 0.5) is 4.39 Å². The van der Waals surface area contributed by atoms with Crippen LogP contribution in [-0.4, -0.2) is 66.4 Å². The summed E-state index contributed by atoms with van der Waals surface area (Å²) in [6.45, 7) is -1.31. The first-order valence-corrected chi connectivity index (χ1v) is 7.02. The van der Waals surface area contributed by atoms with Crippen LogP contribution in [0.5, 0.6) is 0 Å². The topological polar surface area (TPSA) is 114 Å². The van der Waals surface area contributed by atoms with Crippen LogP contribution in [0, 0.1) is 11.8 Å². The van der Waals surface area contributed by atoms with E-state index in [9.17, 15) is 14.6 Å². The lowest BCUT2D eigenvalue weighted by molar-refractivity contribution is -0.0511. The van der Waals surface area contributed by atoms with E-state index in [0.29, 0.717) is 0 Å². The summed E-state index contributed by atoms with van der Waals surface area (Å²) < 4.78 is 18.9. The van der Waals surface area contributed by atoms with E-state index in [0.717, 1.165) is 0 Å². The van der Waals surface area contributed by atoms with Gasteiger partial charge >= 0.3 is 0 Å². The molecule has 1 aliphatic heterocycles. The van der Waals surface area contributed by atoms with Crippen LogP contribution in [0.3, 0.4) is 0 Å². The van der Waals surface area contributed by atoms with Crippen molar-refractivity contribution < 1.29 is 24.4 Å². The third-order valence-corrected chi connectivity index (χ3v) is 3.70. The van der Waals surface area contributed by atoms with E-state index in [1.54, 1.807) is 0 Å². The molecular weight excluding hydrogens is 331 g/mol. The molecule has 0 aromatic carbocycles. The van der Waals surface area contributed by atoms with Crippen LogP contribution in [0.25, 0.3) is 11.2 Å². The number of hydrogen-bond acceptors (Lipinski definition) is 7. The Morgan fingerprint density at radius 3 is 2.78 bits per heavy atom. The standard InChI is InChI=1S/C13H12ClFN4O4/c14-11-8-12(18-7(17-11)2-1-3-15)19(5-16-8)13-10(22)9(21)6(4-20)23-13/h5-6,9-10,13,20-22H,3-4H2/t6-,9-,10-,13-/m1/s1. The van der Waals surface area contributed by atoms with Crippen molar-refractivity contribution >= 4 is 22.8 Å². The zero-order valence-corrected chi connectivity index (χ0v) is 12.4. The highest BCUT2D eigenvalue weighted by molar-refractivity contribution is 6.33. The van der Waals surface area contributed by atoms with Crippen molar-refractivity contribution in [1.29, 1.82) is 0 Å². The number of rotatable bonds is 2. The molecular formula is C13H12ClFN4O4. The van der Waals surface area contributed by atoms with Crippen LogP contribution >= 0.6 is 11.6 Å². The number of aromatic nitrogens is 4. The Morgan fingerprint density at radius 2 is 2.13 bits per heavy atom. The predicted molar refractivity (Wildman–Crippen MR) is 76.2 cm³/mol. The molecule has 2 aromatic rings. The summed E-state index contributed by atoms with van der Waals surface area (Å²) in [5.41, 5.74) is 0.457. The molecule has 4 atom stereocenters. The van der Waals surface area contributed by atoms with Crippen molar-refractivity contribution in [3.05, 3.63) is 17.3 Å². The molecule has 1 fully saturated rings.